The van der Waals surface area contributed by atoms with Crippen LogP contribution in [0.1, 0.15) is 20.3 Å². The summed E-state index contributed by atoms with van der Waals surface area (Å²) in [6, 6.07) is 7.13. The van der Waals surface area contributed by atoms with Crippen molar-refractivity contribution < 1.29 is 14.6 Å². The predicted octanol–water partition coefficient (Wildman–Crippen LogP) is 2.34. The van der Waals surface area contributed by atoms with Crippen molar-refractivity contribution in [2.45, 2.75) is 26.3 Å². The van der Waals surface area contributed by atoms with E-state index in [9.17, 15) is 4.79 Å². The molecule has 5 heteroatoms. The summed E-state index contributed by atoms with van der Waals surface area (Å²) in [5.74, 6) is 0.395. The first-order valence-electron chi connectivity index (χ1n) is 6.34. The number of rotatable bonds is 7. The Kier molecular flexibility index (Phi) is 6.67. The smallest absolute Gasteiger partial charge is 0.260 e. The van der Waals surface area contributed by atoms with E-state index in [0.717, 1.165) is 0 Å². The number of benzene rings is 1. The summed E-state index contributed by atoms with van der Waals surface area (Å²) in [6.07, 6.45) is 0.565. The van der Waals surface area contributed by atoms with Gasteiger partial charge in [0.15, 0.2) is 6.61 Å². The number of hydrogen-bond acceptors (Lipinski definition) is 3. The van der Waals surface area contributed by atoms with Crippen LogP contribution in [0, 0.1) is 0 Å². The lowest BCUT2D eigenvalue weighted by Crippen LogP contribution is -2.40. The second kappa shape index (κ2) is 8.02. The van der Waals surface area contributed by atoms with Gasteiger partial charge in [-0.05, 0) is 32.4 Å². The molecule has 0 bridgehead atoms. The Balaban J connectivity index is 2.55. The monoisotopic (exact) mass is 285 g/mol. The van der Waals surface area contributed by atoms with Crippen LogP contribution in [0.25, 0.3) is 0 Å². The summed E-state index contributed by atoms with van der Waals surface area (Å²) in [5.41, 5.74) is 0. The number of aliphatic hydroxyl groups excluding tert-OH is 1. The number of carbonyl (C=O) groups is 1. The van der Waals surface area contributed by atoms with E-state index in [2.05, 4.69) is 0 Å². The number of carbonyl (C=O) groups excluding carboxylic acids is 1. The summed E-state index contributed by atoms with van der Waals surface area (Å²) in [4.78, 5) is 13.7. The zero-order valence-electron chi connectivity index (χ0n) is 11.3. The molecule has 19 heavy (non-hydrogen) atoms. The van der Waals surface area contributed by atoms with Crippen molar-refractivity contribution in [3.05, 3.63) is 29.3 Å². The lowest BCUT2D eigenvalue weighted by Gasteiger charge is -2.26. The quantitative estimate of drug-likeness (QED) is 0.836. The molecule has 0 fully saturated rings. The van der Waals surface area contributed by atoms with E-state index < -0.39 is 0 Å². The first kappa shape index (κ1) is 15.8. The van der Waals surface area contributed by atoms with Crippen molar-refractivity contribution in [1.82, 2.24) is 4.90 Å². The first-order valence-corrected chi connectivity index (χ1v) is 6.71. The average Bonchev–Trinajstić information content (AvgIpc) is 2.38. The lowest BCUT2D eigenvalue weighted by molar-refractivity contribution is -0.135. The number of para-hydroxylation sites is 1. The number of aliphatic hydroxyl groups is 1. The molecule has 0 aliphatic heterocycles. The standard InChI is InChI=1S/C14H20ClNO3/c1-11(2)16(8-5-9-17)14(18)10-19-13-7-4-3-6-12(13)15/h3-4,6-7,11,17H,5,8-10H2,1-2H3. The van der Waals surface area contributed by atoms with Gasteiger partial charge in [0.25, 0.3) is 5.91 Å². The molecular weight excluding hydrogens is 266 g/mol. The summed E-state index contributed by atoms with van der Waals surface area (Å²) in [5, 5.41) is 9.32. The van der Waals surface area contributed by atoms with Crippen LogP contribution < -0.4 is 4.74 Å². The van der Waals surface area contributed by atoms with Crippen LogP contribution in [0.5, 0.6) is 5.75 Å². The Morgan fingerprint density at radius 1 is 1.42 bits per heavy atom. The summed E-state index contributed by atoms with van der Waals surface area (Å²) < 4.78 is 5.42. The minimum Gasteiger partial charge on any atom is -0.482 e. The molecule has 0 saturated heterocycles. The summed E-state index contributed by atoms with van der Waals surface area (Å²) >= 11 is 5.95. The highest BCUT2D eigenvalue weighted by atomic mass is 35.5. The molecule has 106 valence electrons. The van der Waals surface area contributed by atoms with Crippen molar-refractivity contribution in [1.29, 1.82) is 0 Å². The van der Waals surface area contributed by atoms with Crippen molar-refractivity contribution in [3.8, 4) is 5.75 Å². The molecule has 0 aromatic heterocycles. The molecule has 0 unspecified atom stereocenters. The van der Waals surface area contributed by atoms with E-state index in [0.29, 0.717) is 23.7 Å². The molecule has 0 aliphatic rings. The highest BCUT2D eigenvalue weighted by Crippen LogP contribution is 2.23. The lowest BCUT2D eigenvalue weighted by atomic mass is 10.3. The maximum atomic E-state index is 12.1. The molecule has 0 atom stereocenters. The number of hydrogen-bond donors (Lipinski definition) is 1. The van der Waals surface area contributed by atoms with E-state index in [-0.39, 0.29) is 25.2 Å². The van der Waals surface area contributed by atoms with Crippen LogP contribution in [0.3, 0.4) is 0 Å². The minimum absolute atomic E-state index is 0.0483. The zero-order valence-corrected chi connectivity index (χ0v) is 12.1. The van der Waals surface area contributed by atoms with Gasteiger partial charge in [-0.1, -0.05) is 23.7 Å². The van der Waals surface area contributed by atoms with Gasteiger partial charge in [-0.2, -0.15) is 0 Å². The molecule has 1 aromatic rings. The van der Waals surface area contributed by atoms with Gasteiger partial charge in [0.2, 0.25) is 0 Å². The van der Waals surface area contributed by atoms with Gasteiger partial charge in [-0.15, -0.1) is 0 Å². The van der Waals surface area contributed by atoms with Crippen LogP contribution in [0.15, 0.2) is 24.3 Å². The van der Waals surface area contributed by atoms with Crippen LogP contribution >= 0.6 is 11.6 Å². The van der Waals surface area contributed by atoms with Crippen LogP contribution in [0.4, 0.5) is 0 Å². The van der Waals surface area contributed by atoms with E-state index in [1.54, 1.807) is 29.2 Å². The minimum atomic E-state index is -0.108. The Morgan fingerprint density at radius 3 is 2.68 bits per heavy atom. The van der Waals surface area contributed by atoms with Gasteiger partial charge >= 0.3 is 0 Å². The Hall–Kier alpha value is -1.26. The van der Waals surface area contributed by atoms with Crippen molar-refractivity contribution in [3.63, 3.8) is 0 Å². The first-order chi connectivity index (χ1) is 9.06. The summed E-state index contributed by atoms with van der Waals surface area (Å²) in [6.45, 7) is 4.42. The average molecular weight is 286 g/mol. The van der Waals surface area contributed by atoms with Gasteiger partial charge in [0.1, 0.15) is 5.75 Å². The molecule has 1 amide bonds. The molecule has 1 rings (SSSR count). The molecular formula is C14H20ClNO3. The number of amides is 1. The fourth-order valence-electron chi connectivity index (χ4n) is 1.70. The predicted molar refractivity (Wildman–Crippen MR) is 75.5 cm³/mol. The molecule has 0 spiro atoms. The van der Waals surface area contributed by atoms with Crippen molar-refractivity contribution in [2.75, 3.05) is 19.8 Å². The van der Waals surface area contributed by atoms with Crippen LogP contribution in [0.2, 0.25) is 5.02 Å². The fraction of sp³-hybridized carbons (Fsp3) is 0.500. The molecule has 0 heterocycles. The Labute approximate surface area is 118 Å². The molecule has 1 N–H and O–H groups in total. The van der Waals surface area contributed by atoms with Crippen LogP contribution in [-0.2, 0) is 4.79 Å². The molecule has 4 nitrogen and oxygen atoms in total. The third-order valence-corrected chi connectivity index (χ3v) is 3.00. The van der Waals surface area contributed by atoms with E-state index >= 15 is 0 Å². The van der Waals surface area contributed by atoms with Gasteiger partial charge in [-0.3, -0.25) is 4.79 Å². The van der Waals surface area contributed by atoms with E-state index in [4.69, 9.17) is 21.4 Å². The molecule has 1 aromatic carbocycles. The van der Waals surface area contributed by atoms with Gasteiger partial charge in [0.05, 0.1) is 5.02 Å². The topological polar surface area (TPSA) is 49.8 Å². The molecule has 0 aliphatic carbocycles. The van der Waals surface area contributed by atoms with Gasteiger partial charge in [0, 0.05) is 19.2 Å². The largest absolute Gasteiger partial charge is 0.482 e. The van der Waals surface area contributed by atoms with E-state index in [1.165, 1.54) is 0 Å². The maximum absolute atomic E-state index is 12.1. The highest BCUT2D eigenvalue weighted by molar-refractivity contribution is 6.32. The molecule has 0 radical (unpaired) electrons. The number of halogens is 1. The third kappa shape index (κ3) is 5.09. The number of nitrogens with zero attached hydrogens (tertiary/aromatic N) is 1. The maximum Gasteiger partial charge on any atom is 0.260 e. The SMILES string of the molecule is CC(C)N(CCCO)C(=O)COc1ccccc1Cl. The highest BCUT2D eigenvalue weighted by Gasteiger charge is 2.17. The fourth-order valence-corrected chi connectivity index (χ4v) is 1.89. The van der Waals surface area contributed by atoms with Crippen molar-refractivity contribution in [2.24, 2.45) is 0 Å². The van der Waals surface area contributed by atoms with Crippen molar-refractivity contribution >= 4 is 17.5 Å². The Morgan fingerprint density at radius 2 is 2.11 bits per heavy atom. The number of ether oxygens (including phenoxy) is 1. The van der Waals surface area contributed by atoms with Crippen LogP contribution in [-0.4, -0.2) is 41.7 Å². The second-order valence-corrected chi connectivity index (χ2v) is 4.88. The zero-order chi connectivity index (χ0) is 14.3. The Bertz CT molecular complexity index is 409. The normalized spacial score (nSPS) is 10.6. The van der Waals surface area contributed by atoms with Gasteiger partial charge < -0.3 is 14.7 Å². The molecule has 0 saturated carbocycles. The second-order valence-electron chi connectivity index (χ2n) is 4.48. The third-order valence-electron chi connectivity index (χ3n) is 2.69. The summed E-state index contributed by atoms with van der Waals surface area (Å²) in [7, 11) is 0. The van der Waals surface area contributed by atoms with Gasteiger partial charge in [-0.25, -0.2) is 0 Å². The van der Waals surface area contributed by atoms with E-state index in [1.807, 2.05) is 13.8 Å².